The predicted molar refractivity (Wildman–Crippen MR) is 151 cm³/mol. The van der Waals surface area contributed by atoms with Gasteiger partial charge in [0.05, 0.1) is 17.5 Å². The van der Waals surface area contributed by atoms with E-state index in [1.54, 1.807) is 24.4 Å². The molecule has 10 heteroatoms. The Labute approximate surface area is 219 Å². The van der Waals surface area contributed by atoms with Crippen molar-refractivity contribution in [3.05, 3.63) is 48.3 Å². The van der Waals surface area contributed by atoms with Crippen molar-refractivity contribution in [2.75, 3.05) is 40.8 Å². The summed E-state index contributed by atoms with van der Waals surface area (Å²) in [5, 5.41) is 4.30. The van der Waals surface area contributed by atoms with E-state index in [0.29, 0.717) is 29.7 Å². The Balaban J connectivity index is 1.50. The van der Waals surface area contributed by atoms with Crippen LogP contribution in [0.2, 0.25) is 0 Å². The van der Waals surface area contributed by atoms with Crippen LogP contribution in [0.4, 0.5) is 17.2 Å². The zero-order valence-electron chi connectivity index (χ0n) is 22.3. The van der Waals surface area contributed by atoms with Crippen LogP contribution in [0, 0.1) is 0 Å². The van der Waals surface area contributed by atoms with Gasteiger partial charge in [0.25, 0.3) is 5.91 Å². The smallest absolute Gasteiger partial charge is 0.256 e. The molecule has 3 N–H and O–H groups in total. The van der Waals surface area contributed by atoms with Crippen LogP contribution < -0.4 is 14.9 Å². The minimum absolute atomic E-state index is 0.0452. The number of aromatic nitrogens is 2. The molecule has 2 aromatic heterocycles. The third-order valence-corrected chi connectivity index (χ3v) is 7.05. The van der Waals surface area contributed by atoms with Crippen LogP contribution in [-0.4, -0.2) is 66.7 Å². The third kappa shape index (κ3) is 6.54. The standard InChI is InChI=1S/C27H38N6O3S/c1-6-14-33(25-24(8-7-13-28-25)30-27(2,3)4)20-11-15-32(16-12-20)26(34)22-18-29-23-10-9-19(17-21(22)23)31-37(5,35)36/h7-10,13,17-18,20,29-31H,6,11-12,14-16H2,1-5H3. The summed E-state index contributed by atoms with van der Waals surface area (Å²) >= 11 is 0. The van der Waals surface area contributed by atoms with Gasteiger partial charge in [-0.15, -0.1) is 0 Å². The van der Waals surface area contributed by atoms with Crippen LogP contribution in [0.15, 0.2) is 42.7 Å². The molecule has 1 saturated heterocycles. The van der Waals surface area contributed by atoms with Crippen LogP contribution in [0.5, 0.6) is 0 Å². The van der Waals surface area contributed by atoms with Crippen molar-refractivity contribution in [2.24, 2.45) is 0 Å². The van der Waals surface area contributed by atoms with Gasteiger partial charge in [0.2, 0.25) is 10.0 Å². The number of hydrogen-bond donors (Lipinski definition) is 3. The number of anilines is 3. The van der Waals surface area contributed by atoms with E-state index in [9.17, 15) is 13.2 Å². The third-order valence-electron chi connectivity index (χ3n) is 6.44. The molecule has 0 spiro atoms. The number of carbonyl (C=O) groups excluding carboxylic acids is 1. The van der Waals surface area contributed by atoms with Gasteiger partial charge in [-0.1, -0.05) is 6.92 Å². The molecule has 200 valence electrons. The monoisotopic (exact) mass is 526 g/mol. The maximum atomic E-state index is 13.5. The first-order valence-electron chi connectivity index (χ1n) is 12.8. The first-order chi connectivity index (χ1) is 17.4. The number of aromatic amines is 1. The summed E-state index contributed by atoms with van der Waals surface area (Å²) in [6.07, 6.45) is 7.36. The van der Waals surface area contributed by atoms with Gasteiger partial charge in [-0.2, -0.15) is 0 Å². The van der Waals surface area contributed by atoms with Gasteiger partial charge in [-0.3, -0.25) is 9.52 Å². The van der Waals surface area contributed by atoms with E-state index in [2.05, 4.69) is 53.7 Å². The molecule has 1 aromatic carbocycles. The zero-order chi connectivity index (χ0) is 26.8. The minimum atomic E-state index is -3.41. The maximum absolute atomic E-state index is 13.5. The molecular weight excluding hydrogens is 488 g/mol. The highest BCUT2D eigenvalue weighted by Gasteiger charge is 2.30. The van der Waals surface area contributed by atoms with E-state index in [-0.39, 0.29) is 17.5 Å². The molecule has 1 aliphatic heterocycles. The number of amides is 1. The molecule has 9 nitrogen and oxygen atoms in total. The molecule has 0 saturated carbocycles. The van der Waals surface area contributed by atoms with Gasteiger partial charge < -0.3 is 20.1 Å². The number of hydrogen-bond acceptors (Lipinski definition) is 6. The average molecular weight is 527 g/mol. The first-order valence-corrected chi connectivity index (χ1v) is 14.7. The minimum Gasteiger partial charge on any atom is -0.377 e. The second-order valence-electron chi connectivity index (χ2n) is 10.8. The lowest BCUT2D eigenvalue weighted by molar-refractivity contribution is 0.0714. The van der Waals surface area contributed by atoms with E-state index in [1.807, 2.05) is 17.2 Å². The quantitative estimate of drug-likeness (QED) is 0.394. The van der Waals surface area contributed by atoms with Crippen molar-refractivity contribution < 1.29 is 13.2 Å². The summed E-state index contributed by atoms with van der Waals surface area (Å²) in [5.74, 6) is 0.919. The second-order valence-corrected chi connectivity index (χ2v) is 12.6. The number of carbonyl (C=O) groups is 1. The van der Waals surface area contributed by atoms with Crippen LogP contribution >= 0.6 is 0 Å². The Bertz CT molecular complexity index is 1350. The van der Waals surface area contributed by atoms with E-state index in [1.165, 1.54) is 0 Å². The normalized spacial score (nSPS) is 15.1. The molecule has 1 aliphatic rings. The van der Waals surface area contributed by atoms with E-state index >= 15 is 0 Å². The Kier molecular flexibility index (Phi) is 7.68. The molecular formula is C27H38N6O3S. The number of piperidine rings is 1. The van der Waals surface area contributed by atoms with Crippen molar-refractivity contribution in [1.29, 1.82) is 0 Å². The molecule has 3 heterocycles. The number of pyridine rings is 1. The zero-order valence-corrected chi connectivity index (χ0v) is 23.2. The molecule has 3 aromatic rings. The van der Waals surface area contributed by atoms with Crippen LogP contribution in [0.3, 0.4) is 0 Å². The van der Waals surface area contributed by atoms with E-state index < -0.39 is 10.0 Å². The topological polar surface area (TPSA) is 110 Å². The molecule has 0 radical (unpaired) electrons. The van der Waals surface area contributed by atoms with Crippen molar-refractivity contribution in [1.82, 2.24) is 14.9 Å². The molecule has 1 amide bonds. The van der Waals surface area contributed by atoms with Crippen molar-refractivity contribution >= 4 is 44.0 Å². The lowest BCUT2D eigenvalue weighted by atomic mass is 10.0. The number of H-pyrrole nitrogens is 1. The predicted octanol–water partition coefficient (Wildman–Crippen LogP) is 4.67. The summed E-state index contributed by atoms with van der Waals surface area (Å²) in [4.78, 5) is 25.7. The highest BCUT2D eigenvalue weighted by molar-refractivity contribution is 7.92. The van der Waals surface area contributed by atoms with Gasteiger partial charge in [0.1, 0.15) is 0 Å². The number of likely N-dealkylation sites (tertiary alicyclic amines) is 1. The number of fused-ring (bicyclic) bond motifs is 1. The summed E-state index contributed by atoms with van der Waals surface area (Å²) in [5.41, 5.74) is 2.73. The Morgan fingerprint density at radius 3 is 2.59 bits per heavy atom. The maximum Gasteiger partial charge on any atom is 0.256 e. The van der Waals surface area contributed by atoms with Crippen LogP contribution in [0.25, 0.3) is 10.9 Å². The summed E-state index contributed by atoms with van der Waals surface area (Å²) in [7, 11) is -3.41. The Morgan fingerprint density at radius 1 is 1.22 bits per heavy atom. The number of sulfonamides is 1. The Morgan fingerprint density at radius 2 is 1.95 bits per heavy atom. The lowest BCUT2D eigenvalue weighted by Gasteiger charge is -2.40. The molecule has 0 bridgehead atoms. The number of benzene rings is 1. The van der Waals surface area contributed by atoms with Crippen molar-refractivity contribution in [3.63, 3.8) is 0 Å². The molecule has 0 aliphatic carbocycles. The number of nitrogens with zero attached hydrogens (tertiary/aromatic N) is 3. The highest BCUT2D eigenvalue weighted by atomic mass is 32.2. The number of nitrogens with one attached hydrogen (secondary N) is 3. The summed E-state index contributed by atoms with van der Waals surface area (Å²) < 4.78 is 25.8. The molecule has 37 heavy (non-hydrogen) atoms. The van der Waals surface area contributed by atoms with Crippen molar-refractivity contribution in [3.8, 4) is 0 Å². The van der Waals surface area contributed by atoms with Crippen LogP contribution in [0.1, 0.15) is 57.3 Å². The SMILES string of the molecule is CCCN(c1ncccc1NC(C)(C)C)C1CCN(C(=O)c2c[nH]c3ccc(NS(C)(=O)=O)cc23)CC1. The van der Waals surface area contributed by atoms with Gasteiger partial charge in [0.15, 0.2) is 5.82 Å². The summed E-state index contributed by atoms with van der Waals surface area (Å²) in [6, 6.07) is 9.50. The average Bonchev–Trinajstić information content (AvgIpc) is 3.24. The fraction of sp³-hybridized carbons (Fsp3) is 0.481. The molecule has 1 fully saturated rings. The number of rotatable bonds is 8. The fourth-order valence-corrected chi connectivity index (χ4v) is 5.51. The second kappa shape index (κ2) is 10.6. The van der Waals surface area contributed by atoms with E-state index in [4.69, 9.17) is 4.98 Å². The largest absolute Gasteiger partial charge is 0.377 e. The molecule has 0 unspecified atom stereocenters. The van der Waals surface area contributed by atoms with E-state index in [0.717, 1.165) is 49.1 Å². The lowest BCUT2D eigenvalue weighted by Crippen LogP contribution is -2.47. The fourth-order valence-electron chi connectivity index (χ4n) is 4.96. The van der Waals surface area contributed by atoms with Gasteiger partial charge in [0, 0.05) is 60.2 Å². The van der Waals surface area contributed by atoms with Gasteiger partial charge >= 0.3 is 0 Å². The van der Waals surface area contributed by atoms with Crippen molar-refractivity contribution in [2.45, 2.75) is 58.5 Å². The van der Waals surface area contributed by atoms with Gasteiger partial charge in [-0.25, -0.2) is 13.4 Å². The Hall–Kier alpha value is -3.27. The summed E-state index contributed by atoms with van der Waals surface area (Å²) in [6.45, 7) is 10.8. The van der Waals surface area contributed by atoms with Gasteiger partial charge in [-0.05, 0) is 70.4 Å². The molecule has 4 rings (SSSR count). The first kappa shape index (κ1) is 26.8. The van der Waals surface area contributed by atoms with Crippen LogP contribution in [-0.2, 0) is 10.0 Å². The molecule has 0 atom stereocenters. The highest BCUT2D eigenvalue weighted by Crippen LogP contribution is 2.31.